The van der Waals surface area contributed by atoms with Crippen molar-refractivity contribution in [3.05, 3.63) is 48.2 Å². The van der Waals surface area contributed by atoms with Crippen molar-refractivity contribution in [3.63, 3.8) is 0 Å². The van der Waals surface area contributed by atoms with Crippen molar-refractivity contribution >= 4 is 17.4 Å². The number of benzene rings is 1. The van der Waals surface area contributed by atoms with E-state index in [4.69, 9.17) is 4.74 Å². The Balaban J connectivity index is 1.78. The normalized spacial score (nSPS) is 10.2. The van der Waals surface area contributed by atoms with Gasteiger partial charge in [-0.05, 0) is 42.7 Å². The molecular formula is C18H23N3O2. The van der Waals surface area contributed by atoms with Gasteiger partial charge in [-0.2, -0.15) is 0 Å². The Kier molecular flexibility index (Phi) is 6.41. The number of amides is 1. The Labute approximate surface area is 137 Å². The summed E-state index contributed by atoms with van der Waals surface area (Å²) < 4.78 is 5.14. The molecule has 2 N–H and O–H groups in total. The van der Waals surface area contributed by atoms with Gasteiger partial charge in [-0.15, -0.1) is 0 Å². The monoisotopic (exact) mass is 313 g/mol. The SMILES string of the molecule is CCCC(=O)Nc1ccc(NCCc2ccc(OC)cc2)cn1. The molecule has 0 radical (unpaired) electrons. The molecule has 0 aliphatic heterocycles. The molecule has 0 unspecified atom stereocenters. The number of nitrogens with one attached hydrogen (secondary N) is 2. The number of methoxy groups -OCH3 is 1. The standard InChI is InChI=1S/C18H23N3O2/c1-3-4-18(22)21-17-10-7-15(13-20-17)19-12-11-14-5-8-16(23-2)9-6-14/h5-10,13,19H,3-4,11-12H2,1-2H3,(H,20,21,22). The van der Waals surface area contributed by atoms with Crippen molar-refractivity contribution in [1.82, 2.24) is 4.98 Å². The van der Waals surface area contributed by atoms with E-state index in [2.05, 4.69) is 27.8 Å². The summed E-state index contributed by atoms with van der Waals surface area (Å²) in [6, 6.07) is 11.8. The lowest BCUT2D eigenvalue weighted by atomic mass is 10.1. The van der Waals surface area contributed by atoms with E-state index in [0.29, 0.717) is 12.2 Å². The van der Waals surface area contributed by atoms with Crippen LogP contribution in [0.2, 0.25) is 0 Å². The number of hydrogen-bond acceptors (Lipinski definition) is 4. The quantitative estimate of drug-likeness (QED) is 0.783. The van der Waals surface area contributed by atoms with Crippen molar-refractivity contribution in [2.75, 3.05) is 24.3 Å². The maximum atomic E-state index is 11.5. The topological polar surface area (TPSA) is 63.2 Å². The highest BCUT2D eigenvalue weighted by molar-refractivity contribution is 5.89. The summed E-state index contributed by atoms with van der Waals surface area (Å²) in [5, 5.41) is 6.09. The molecule has 23 heavy (non-hydrogen) atoms. The summed E-state index contributed by atoms with van der Waals surface area (Å²) in [5.74, 6) is 1.45. The molecule has 122 valence electrons. The van der Waals surface area contributed by atoms with Gasteiger partial charge in [0, 0.05) is 13.0 Å². The maximum Gasteiger partial charge on any atom is 0.225 e. The highest BCUT2D eigenvalue weighted by Gasteiger charge is 2.02. The molecule has 1 heterocycles. The van der Waals surface area contributed by atoms with Crippen LogP contribution in [0.1, 0.15) is 25.3 Å². The Morgan fingerprint density at radius 1 is 1.17 bits per heavy atom. The van der Waals surface area contributed by atoms with Crippen molar-refractivity contribution < 1.29 is 9.53 Å². The Morgan fingerprint density at radius 3 is 2.57 bits per heavy atom. The first-order valence-corrected chi connectivity index (χ1v) is 7.84. The molecule has 5 nitrogen and oxygen atoms in total. The molecule has 0 aliphatic rings. The molecule has 5 heteroatoms. The summed E-state index contributed by atoms with van der Waals surface area (Å²) in [5.41, 5.74) is 2.18. The maximum absolute atomic E-state index is 11.5. The van der Waals surface area contributed by atoms with Crippen LogP contribution in [0.4, 0.5) is 11.5 Å². The number of carbonyl (C=O) groups is 1. The van der Waals surface area contributed by atoms with Crippen LogP contribution in [0.15, 0.2) is 42.6 Å². The van der Waals surface area contributed by atoms with Crippen LogP contribution in [0, 0.1) is 0 Å². The van der Waals surface area contributed by atoms with Crippen LogP contribution < -0.4 is 15.4 Å². The molecule has 0 aliphatic carbocycles. The van der Waals surface area contributed by atoms with Gasteiger partial charge in [0.15, 0.2) is 0 Å². The smallest absolute Gasteiger partial charge is 0.225 e. The van der Waals surface area contributed by atoms with Gasteiger partial charge in [0.05, 0.1) is 19.0 Å². The third-order valence-corrected chi connectivity index (χ3v) is 3.41. The number of hydrogen-bond donors (Lipinski definition) is 2. The number of aromatic nitrogens is 1. The number of nitrogens with zero attached hydrogens (tertiary/aromatic N) is 1. The van der Waals surface area contributed by atoms with Crippen molar-refractivity contribution in [2.45, 2.75) is 26.2 Å². The number of rotatable bonds is 8. The molecule has 1 amide bonds. The van der Waals surface area contributed by atoms with Crippen LogP contribution in [0.3, 0.4) is 0 Å². The molecule has 0 spiro atoms. The predicted molar refractivity (Wildman–Crippen MR) is 93.0 cm³/mol. The van der Waals surface area contributed by atoms with Gasteiger partial charge in [0.25, 0.3) is 0 Å². The predicted octanol–water partition coefficient (Wildman–Crippen LogP) is 3.48. The first-order chi connectivity index (χ1) is 11.2. The largest absolute Gasteiger partial charge is 0.497 e. The molecule has 1 aromatic carbocycles. The molecule has 0 bridgehead atoms. The van der Waals surface area contributed by atoms with E-state index in [1.54, 1.807) is 13.3 Å². The first-order valence-electron chi connectivity index (χ1n) is 7.84. The average Bonchev–Trinajstić information content (AvgIpc) is 2.57. The van der Waals surface area contributed by atoms with E-state index < -0.39 is 0 Å². The Bertz CT molecular complexity index is 609. The minimum Gasteiger partial charge on any atom is -0.497 e. The minimum atomic E-state index is 0.000199. The fourth-order valence-electron chi connectivity index (χ4n) is 2.15. The number of ether oxygens (including phenoxy) is 1. The van der Waals surface area contributed by atoms with E-state index in [1.165, 1.54) is 5.56 Å². The molecule has 0 saturated carbocycles. The van der Waals surface area contributed by atoms with Crippen molar-refractivity contribution in [2.24, 2.45) is 0 Å². The summed E-state index contributed by atoms with van der Waals surface area (Å²) in [7, 11) is 1.66. The van der Waals surface area contributed by atoms with Gasteiger partial charge >= 0.3 is 0 Å². The van der Waals surface area contributed by atoms with E-state index in [9.17, 15) is 4.79 Å². The van der Waals surface area contributed by atoms with Gasteiger partial charge in [0.1, 0.15) is 11.6 Å². The zero-order chi connectivity index (χ0) is 16.5. The summed E-state index contributed by atoms with van der Waals surface area (Å²) >= 11 is 0. The van der Waals surface area contributed by atoms with Gasteiger partial charge in [0.2, 0.25) is 5.91 Å². The molecule has 0 saturated heterocycles. The van der Waals surface area contributed by atoms with Crippen LogP contribution in [-0.4, -0.2) is 24.5 Å². The highest BCUT2D eigenvalue weighted by atomic mass is 16.5. The third kappa shape index (κ3) is 5.62. The van der Waals surface area contributed by atoms with Gasteiger partial charge in [-0.25, -0.2) is 4.98 Å². The van der Waals surface area contributed by atoms with E-state index in [-0.39, 0.29) is 5.91 Å². The zero-order valence-electron chi connectivity index (χ0n) is 13.6. The second-order valence-corrected chi connectivity index (χ2v) is 5.26. The Morgan fingerprint density at radius 2 is 1.96 bits per heavy atom. The summed E-state index contributed by atoms with van der Waals surface area (Å²) in [6.07, 6.45) is 3.99. The number of pyridine rings is 1. The molecule has 0 atom stereocenters. The average molecular weight is 313 g/mol. The van der Waals surface area contributed by atoms with Gasteiger partial charge < -0.3 is 15.4 Å². The van der Waals surface area contributed by atoms with E-state index in [0.717, 1.165) is 30.8 Å². The molecule has 0 fully saturated rings. The van der Waals surface area contributed by atoms with Gasteiger partial charge in [-0.1, -0.05) is 19.1 Å². The van der Waals surface area contributed by atoms with Crippen molar-refractivity contribution in [1.29, 1.82) is 0 Å². The Hall–Kier alpha value is -2.56. The first kappa shape index (κ1) is 16.8. The van der Waals surface area contributed by atoms with Gasteiger partial charge in [-0.3, -0.25) is 4.79 Å². The number of carbonyl (C=O) groups excluding carboxylic acids is 1. The highest BCUT2D eigenvalue weighted by Crippen LogP contribution is 2.13. The fourth-order valence-corrected chi connectivity index (χ4v) is 2.15. The van der Waals surface area contributed by atoms with Crippen LogP contribution in [0.5, 0.6) is 5.75 Å². The fraction of sp³-hybridized carbons (Fsp3) is 0.333. The lowest BCUT2D eigenvalue weighted by Crippen LogP contribution is -2.12. The summed E-state index contributed by atoms with van der Waals surface area (Å²) in [6.45, 7) is 2.79. The second-order valence-electron chi connectivity index (χ2n) is 5.26. The van der Waals surface area contributed by atoms with Crippen molar-refractivity contribution in [3.8, 4) is 5.75 Å². The molecule has 1 aromatic heterocycles. The minimum absolute atomic E-state index is 0.000199. The van der Waals surface area contributed by atoms with Crippen LogP contribution in [0.25, 0.3) is 0 Å². The van der Waals surface area contributed by atoms with E-state index >= 15 is 0 Å². The lowest BCUT2D eigenvalue weighted by Gasteiger charge is -2.08. The second kappa shape index (κ2) is 8.78. The molecule has 2 aromatic rings. The van der Waals surface area contributed by atoms with E-state index in [1.807, 2.05) is 31.2 Å². The molecular weight excluding hydrogens is 290 g/mol. The third-order valence-electron chi connectivity index (χ3n) is 3.41. The van der Waals surface area contributed by atoms with Crippen LogP contribution in [-0.2, 0) is 11.2 Å². The molecule has 2 rings (SSSR count). The lowest BCUT2D eigenvalue weighted by molar-refractivity contribution is -0.116. The summed E-state index contributed by atoms with van der Waals surface area (Å²) in [4.78, 5) is 15.7. The zero-order valence-corrected chi connectivity index (χ0v) is 13.6. The number of anilines is 2. The van der Waals surface area contributed by atoms with Crippen LogP contribution >= 0.6 is 0 Å².